The molecule has 0 radical (unpaired) electrons. The molecule has 1 aliphatic carbocycles. The number of benzene rings is 1. The van der Waals surface area contributed by atoms with E-state index in [1.54, 1.807) is 0 Å². The van der Waals surface area contributed by atoms with Crippen molar-refractivity contribution in [3.05, 3.63) is 28.7 Å². The molecule has 20 heavy (non-hydrogen) atoms. The Balaban J connectivity index is 1.70. The van der Waals surface area contributed by atoms with Crippen molar-refractivity contribution in [3.63, 3.8) is 0 Å². The Bertz CT molecular complexity index is 489. The van der Waals surface area contributed by atoms with Crippen molar-refractivity contribution in [2.45, 2.75) is 31.7 Å². The molecule has 0 amide bonds. The van der Waals surface area contributed by atoms with Gasteiger partial charge in [-0.3, -0.25) is 10.9 Å². The molecule has 108 valence electrons. The van der Waals surface area contributed by atoms with Crippen molar-refractivity contribution >= 4 is 56.3 Å². The van der Waals surface area contributed by atoms with E-state index in [0.717, 1.165) is 10.2 Å². The average molecular weight is 373 g/mol. The predicted octanol–water partition coefficient (Wildman–Crippen LogP) is 3.06. The molecule has 1 aromatic rings. The van der Waals surface area contributed by atoms with Crippen LogP contribution in [-0.2, 0) is 0 Å². The van der Waals surface area contributed by atoms with Gasteiger partial charge >= 0.3 is 0 Å². The second-order valence-corrected chi connectivity index (χ2v) is 6.40. The summed E-state index contributed by atoms with van der Waals surface area (Å²) in [7, 11) is 0. The Morgan fingerprint density at radius 1 is 1.10 bits per heavy atom. The van der Waals surface area contributed by atoms with Crippen LogP contribution in [0.2, 0.25) is 0 Å². The van der Waals surface area contributed by atoms with Gasteiger partial charge in [0, 0.05) is 16.2 Å². The highest BCUT2D eigenvalue weighted by molar-refractivity contribution is 9.10. The summed E-state index contributed by atoms with van der Waals surface area (Å²) in [6.07, 6.45) is 4.91. The number of halogens is 1. The van der Waals surface area contributed by atoms with Gasteiger partial charge in [-0.1, -0.05) is 34.8 Å². The topological polar surface area (TPSA) is 48.1 Å². The van der Waals surface area contributed by atoms with Crippen molar-refractivity contribution < 1.29 is 0 Å². The molecule has 1 aliphatic rings. The third kappa shape index (κ3) is 5.22. The Hall–Kier alpha value is -0.920. The third-order valence-corrected chi connectivity index (χ3v) is 3.98. The lowest BCUT2D eigenvalue weighted by Gasteiger charge is -2.17. The number of hydrogen-bond donors (Lipinski definition) is 4. The van der Waals surface area contributed by atoms with E-state index in [2.05, 4.69) is 37.4 Å². The third-order valence-electron chi connectivity index (χ3n) is 3.06. The Kier molecular flexibility index (Phi) is 6.00. The molecule has 0 unspecified atom stereocenters. The molecule has 1 fully saturated rings. The van der Waals surface area contributed by atoms with Gasteiger partial charge in [0.25, 0.3) is 0 Å². The van der Waals surface area contributed by atoms with Crippen molar-refractivity contribution in [1.82, 2.24) is 16.2 Å². The van der Waals surface area contributed by atoms with Gasteiger partial charge in [-0.15, -0.1) is 0 Å². The van der Waals surface area contributed by atoms with E-state index in [1.807, 2.05) is 24.3 Å². The zero-order valence-electron chi connectivity index (χ0n) is 10.9. The van der Waals surface area contributed by atoms with E-state index in [1.165, 1.54) is 25.7 Å². The number of hydrogen-bond acceptors (Lipinski definition) is 2. The van der Waals surface area contributed by atoms with Crippen LogP contribution in [0, 0.1) is 0 Å². The molecule has 0 heterocycles. The summed E-state index contributed by atoms with van der Waals surface area (Å²) < 4.78 is 0.997. The van der Waals surface area contributed by atoms with Crippen LogP contribution < -0.4 is 21.5 Å². The van der Waals surface area contributed by atoms with Gasteiger partial charge in [-0.05, 0) is 55.5 Å². The van der Waals surface area contributed by atoms with E-state index < -0.39 is 0 Å². The van der Waals surface area contributed by atoms with Crippen molar-refractivity contribution in [3.8, 4) is 0 Å². The number of nitrogens with one attached hydrogen (secondary N) is 4. The lowest BCUT2D eigenvalue weighted by molar-refractivity contribution is 0.618. The summed E-state index contributed by atoms with van der Waals surface area (Å²) in [6, 6.07) is 8.27. The zero-order chi connectivity index (χ0) is 14.4. The van der Waals surface area contributed by atoms with Gasteiger partial charge < -0.3 is 10.6 Å². The highest BCUT2D eigenvalue weighted by atomic mass is 79.9. The minimum Gasteiger partial charge on any atom is -0.359 e. The van der Waals surface area contributed by atoms with Gasteiger partial charge in [-0.25, -0.2) is 0 Å². The van der Waals surface area contributed by atoms with Crippen LogP contribution in [0.1, 0.15) is 25.7 Å². The maximum atomic E-state index is 5.21. The zero-order valence-corrected chi connectivity index (χ0v) is 14.1. The Morgan fingerprint density at radius 2 is 1.80 bits per heavy atom. The van der Waals surface area contributed by atoms with Crippen LogP contribution in [0.5, 0.6) is 0 Å². The molecule has 0 atom stereocenters. The van der Waals surface area contributed by atoms with Crippen molar-refractivity contribution in [2.24, 2.45) is 0 Å². The number of thiocarbonyl (C=S) groups is 2. The second kappa shape index (κ2) is 7.75. The van der Waals surface area contributed by atoms with E-state index >= 15 is 0 Å². The van der Waals surface area contributed by atoms with Gasteiger partial charge in [0.15, 0.2) is 10.2 Å². The summed E-state index contributed by atoms with van der Waals surface area (Å²) in [4.78, 5) is 0. The number of rotatable bonds is 2. The molecular formula is C13H17BrN4S2. The molecule has 0 saturated heterocycles. The molecular weight excluding hydrogens is 356 g/mol. The first-order valence-corrected chi connectivity index (χ1v) is 8.13. The number of anilines is 1. The Labute approximate surface area is 138 Å². The molecule has 1 saturated carbocycles. The van der Waals surface area contributed by atoms with Gasteiger partial charge in [-0.2, -0.15) is 0 Å². The van der Waals surface area contributed by atoms with Gasteiger partial charge in [0.2, 0.25) is 0 Å². The van der Waals surface area contributed by atoms with Gasteiger partial charge in [0.1, 0.15) is 0 Å². The van der Waals surface area contributed by atoms with E-state index in [0.29, 0.717) is 16.3 Å². The molecule has 7 heteroatoms. The Morgan fingerprint density at radius 3 is 2.50 bits per heavy atom. The van der Waals surface area contributed by atoms with Gasteiger partial charge in [0.05, 0.1) is 0 Å². The second-order valence-electron chi connectivity index (χ2n) is 4.67. The summed E-state index contributed by atoms with van der Waals surface area (Å²) >= 11 is 13.8. The maximum Gasteiger partial charge on any atom is 0.189 e. The first kappa shape index (κ1) is 15.5. The molecule has 2 rings (SSSR count). The highest BCUT2D eigenvalue weighted by Crippen LogP contribution is 2.17. The fourth-order valence-electron chi connectivity index (χ4n) is 2.13. The maximum absolute atomic E-state index is 5.21. The summed E-state index contributed by atoms with van der Waals surface area (Å²) in [5, 5.41) is 7.39. The molecule has 4 N–H and O–H groups in total. The monoisotopic (exact) mass is 372 g/mol. The molecule has 0 bridgehead atoms. The lowest BCUT2D eigenvalue weighted by atomic mass is 10.3. The predicted molar refractivity (Wildman–Crippen MR) is 94.6 cm³/mol. The molecule has 4 nitrogen and oxygen atoms in total. The van der Waals surface area contributed by atoms with Crippen molar-refractivity contribution in [1.29, 1.82) is 0 Å². The molecule has 0 aliphatic heterocycles. The fraction of sp³-hybridized carbons (Fsp3) is 0.385. The molecule has 1 aromatic carbocycles. The lowest BCUT2D eigenvalue weighted by Crippen LogP contribution is -2.50. The first-order valence-electron chi connectivity index (χ1n) is 6.52. The fourth-order valence-corrected chi connectivity index (χ4v) is 2.92. The highest BCUT2D eigenvalue weighted by Gasteiger charge is 2.15. The van der Waals surface area contributed by atoms with Crippen LogP contribution in [0.4, 0.5) is 5.69 Å². The van der Waals surface area contributed by atoms with Crippen LogP contribution in [0.15, 0.2) is 28.7 Å². The normalized spacial score (nSPS) is 14.7. The SMILES string of the molecule is S=C(NNC(=S)NC1CCCC1)Nc1cccc(Br)c1. The largest absolute Gasteiger partial charge is 0.359 e. The van der Waals surface area contributed by atoms with E-state index in [9.17, 15) is 0 Å². The van der Waals surface area contributed by atoms with E-state index in [4.69, 9.17) is 24.4 Å². The van der Waals surface area contributed by atoms with E-state index in [-0.39, 0.29) is 0 Å². The minimum absolute atomic E-state index is 0.471. The van der Waals surface area contributed by atoms with Crippen LogP contribution in [-0.4, -0.2) is 16.3 Å². The first-order chi connectivity index (χ1) is 9.63. The molecule has 0 aromatic heterocycles. The number of hydrazine groups is 1. The quantitative estimate of drug-likeness (QED) is 0.472. The molecule has 0 spiro atoms. The smallest absolute Gasteiger partial charge is 0.189 e. The standard InChI is InChI=1S/C13H17BrN4S2/c14-9-4-3-7-11(8-9)16-13(20)18-17-12(19)15-10-5-1-2-6-10/h3-4,7-8,10H,1-2,5-6H2,(H2,15,17,19)(H2,16,18,20). The van der Waals surface area contributed by atoms with Crippen LogP contribution in [0.3, 0.4) is 0 Å². The summed E-state index contributed by atoms with van der Waals surface area (Å²) in [6.45, 7) is 0. The van der Waals surface area contributed by atoms with Crippen LogP contribution in [0.25, 0.3) is 0 Å². The summed E-state index contributed by atoms with van der Waals surface area (Å²) in [5.74, 6) is 0. The minimum atomic E-state index is 0.471. The summed E-state index contributed by atoms with van der Waals surface area (Å²) in [5.41, 5.74) is 6.69. The average Bonchev–Trinajstić information content (AvgIpc) is 2.89. The van der Waals surface area contributed by atoms with Crippen molar-refractivity contribution in [2.75, 3.05) is 5.32 Å². The van der Waals surface area contributed by atoms with Crippen LogP contribution >= 0.6 is 40.4 Å².